The van der Waals surface area contributed by atoms with Gasteiger partial charge in [-0.2, -0.15) is 0 Å². The van der Waals surface area contributed by atoms with Crippen LogP contribution in [0.3, 0.4) is 0 Å². The third-order valence-electron chi connectivity index (χ3n) is 4.69. The molecule has 2 aromatic carbocycles. The molecular weight excluding hydrogens is 394 g/mol. The van der Waals surface area contributed by atoms with E-state index in [0.717, 1.165) is 27.8 Å². The van der Waals surface area contributed by atoms with Crippen LogP contribution in [0.5, 0.6) is 11.5 Å². The number of hydrogen-bond acceptors (Lipinski definition) is 3. The van der Waals surface area contributed by atoms with Gasteiger partial charge in [-0.3, -0.25) is 4.79 Å². The van der Waals surface area contributed by atoms with Gasteiger partial charge >= 0.3 is 0 Å². The standard InChI is InChI=1S/C21H24BrNO3/c1-3-15(2)23(14-16-7-5-4-6-8-16)21(24)12-17-11-19-20(13-18(17)22)26-10-9-25-19/h4-8,11,13,15H,3,9-10,12,14H2,1-2H3. The summed E-state index contributed by atoms with van der Waals surface area (Å²) >= 11 is 3.57. The number of hydrogen-bond donors (Lipinski definition) is 0. The van der Waals surface area contributed by atoms with Crippen molar-refractivity contribution in [3.05, 3.63) is 58.1 Å². The first-order valence-electron chi connectivity index (χ1n) is 9.00. The largest absolute Gasteiger partial charge is 0.486 e. The summed E-state index contributed by atoms with van der Waals surface area (Å²) in [5.41, 5.74) is 2.06. The highest BCUT2D eigenvalue weighted by Gasteiger charge is 2.22. The molecule has 0 aromatic heterocycles. The van der Waals surface area contributed by atoms with Crippen LogP contribution in [0.15, 0.2) is 46.9 Å². The van der Waals surface area contributed by atoms with Gasteiger partial charge in [0, 0.05) is 17.1 Å². The molecule has 4 nitrogen and oxygen atoms in total. The molecule has 0 aliphatic carbocycles. The lowest BCUT2D eigenvalue weighted by Crippen LogP contribution is -2.38. The predicted molar refractivity (Wildman–Crippen MR) is 106 cm³/mol. The Balaban J connectivity index is 1.79. The molecule has 0 radical (unpaired) electrons. The van der Waals surface area contributed by atoms with Gasteiger partial charge in [-0.15, -0.1) is 0 Å². The maximum Gasteiger partial charge on any atom is 0.227 e. The fourth-order valence-corrected chi connectivity index (χ4v) is 3.46. The van der Waals surface area contributed by atoms with E-state index in [1.54, 1.807) is 0 Å². The summed E-state index contributed by atoms with van der Waals surface area (Å²) in [4.78, 5) is 15.0. The van der Waals surface area contributed by atoms with Crippen molar-refractivity contribution in [2.24, 2.45) is 0 Å². The molecule has 1 heterocycles. The maximum absolute atomic E-state index is 13.1. The van der Waals surface area contributed by atoms with Crippen LogP contribution in [0.2, 0.25) is 0 Å². The fraction of sp³-hybridized carbons (Fsp3) is 0.381. The zero-order chi connectivity index (χ0) is 18.5. The number of fused-ring (bicyclic) bond motifs is 1. The Kier molecular flexibility index (Phi) is 6.20. The molecule has 26 heavy (non-hydrogen) atoms. The molecule has 138 valence electrons. The third-order valence-corrected chi connectivity index (χ3v) is 5.43. The number of benzene rings is 2. The average molecular weight is 418 g/mol. The molecular formula is C21H24BrNO3. The molecule has 0 saturated heterocycles. The Bertz CT molecular complexity index is 763. The summed E-state index contributed by atoms with van der Waals surface area (Å²) in [6.45, 7) is 5.91. The molecule has 2 aromatic rings. The van der Waals surface area contributed by atoms with Crippen molar-refractivity contribution in [2.75, 3.05) is 13.2 Å². The topological polar surface area (TPSA) is 38.8 Å². The molecule has 1 atom stereocenters. The van der Waals surface area contributed by atoms with Gasteiger partial charge in [0.1, 0.15) is 13.2 Å². The number of ether oxygens (including phenoxy) is 2. The Labute approximate surface area is 163 Å². The van der Waals surface area contributed by atoms with E-state index in [4.69, 9.17) is 9.47 Å². The molecule has 1 aliphatic heterocycles. The van der Waals surface area contributed by atoms with Crippen LogP contribution in [0.25, 0.3) is 0 Å². The van der Waals surface area contributed by atoms with Crippen LogP contribution in [0, 0.1) is 0 Å². The molecule has 1 unspecified atom stereocenters. The molecule has 0 spiro atoms. The van der Waals surface area contributed by atoms with E-state index in [1.165, 1.54) is 0 Å². The predicted octanol–water partition coefficient (Wildman–Crippen LogP) is 4.59. The smallest absolute Gasteiger partial charge is 0.227 e. The van der Waals surface area contributed by atoms with Crippen LogP contribution < -0.4 is 9.47 Å². The van der Waals surface area contributed by atoms with Crippen LogP contribution in [0.4, 0.5) is 0 Å². The number of halogens is 1. The minimum Gasteiger partial charge on any atom is -0.486 e. The summed E-state index contributed by atoms with van der Waals surface area (Å²) < 4.78 is 12.1. The second kappa shape index (κ2) is 8.58. The molecule has 0 bridgehead atoms. The number of carbonyl (C=O) groups excluding carboxylic acids is 1. The summed E-state index contributed by atoms with van der Waals surface area (Å²) in [5, 5.41) is 0. The van der Waals surface area contributed by atoms with Crippen molar-refractivity contribution in [1.29, 1.82) is 0 Å². The number of nitrogens with zero attached hydrogens (tertiary/aromatic N) is 1. The van der Waals surface area contributed by atoms with Crippen molar-refractivity contribution in [3.8, 4) is 11.5 Å². The molecule has 0 fully saturated rings. The van der Waals surface area contributed by atoms with Crippen LogP contribution >= 0.6 is 15.9 Å². The number of amides is 1. The van der Waals surface area contributed by atoms with Gasteiger partial charge in [-0.25, -0.2) is 0 Å². The lowest BCUT2D eigenvalue weighted by atomic mass is 10.1. The second-order valence-electron chi connectivity index (χ2n) is 6.53. The quantitative estimate of drug-likeness (QED) is 0.689. The van der Waals surface area contributed by atoms with Gasteiger partial charge in [0.2, 0.25) is 5.91 Å². The van der Waals surface area contributed by atoms with E-state index < -0.39 is 0 Å². The maximum atomic E-state index is 13.1. The zero-order valence-corrected chi connectivity index (χ0v) is 16.8. The van der Waals surface area contributed by atoms with E-state index in [0.29, 0.717) is 31.9 Å². The van der Waals surface area contributed by atoms with E-state index in [1.807, 2.05) is 35.2 Å². The van der Waals surface area contributed by atoms with Crippen molar-refractivity contribution in [1.82, 2.24) is 4.90 Å². The third kappa shape index (κ3) is 4.39. The molecule has 1 aliphatic rings. The molecule has 5 heteroatoms. The summed E-state index contributed by atoms with van der Waals surface area (Å²) in [7, 11) is 0. The molecule has 1 amide bonds. The van der Waals surface area contributed by atoms with Crippen molar-refractivity contribution < 1.29 is 14.3 Å². The first-order chi connectivity index (χ1) is 12.6. The molecule has 0 saturated carbocycles. The van der Waals surface area contributed by atoms with Crippen LogP contribution in [-0.4, -0.2) is 30.1 Å². The second-order valence-corrected chi connectivity index (χ2v) is 7.38. The lowest BCUT2D eigenvalue weighted by Gasteiger charge is -2.29. The number of rotatable bonds is 6. The summed E-state index contributed by atoms with van der Waals surface area (Å²) in [6, 6.07) is 14.1. The Morgan fingerprint density at radius 2 is 1.81 bits per heavy atom. The van der Waals surface area contributed by atoms with E-state index >= 15 is 0 Å². The average Bonchev–Trinajstić information content (AvgIpc) is 2.66. The normalized spacial score (nSPS) is 14.0. The van der Waals surface area contributed by atoms with Gasteiger partial charge < -0.3 is 14.4 Å². The molecule has 0 N–H and O–H groups in total. The SMILES string of the molecule is CCC(C)N(Cc1ccccc1)C(=O)Cc1cc2c(cc1Br)OCCO2. The van der Waals surface area contributed by atoms with E-state index in [2.05, 4.69) is 41.9 Å². The van der Waals surface area contributed by atoms with Crippen molar-refractivity contribution in [3.63, 3.8) is 0 Å². The Hall–Kier alpha value is -2.01. The Morgan fingerprint density at radius 1 is 1.15 bits per heavy atom. The van der Waals surface area contributed by atoms with E-state index in [-0.39, 0.29) is 11.9 Å². The number of carbonyl (C=O) groups is 1. The zero-order valence-electron chi connectivity index (χ0n) is 15.2. The minimum absolute atomic E-state index is 0.112. The van der Waals surface area contributed by atoms with Crippen LogP contribution in [0.1, 0.15) is 31.4 Å². The highest BCUT2D eigenvalue weighted by Crippen LogP contribution is 2.36. The fourth-order valence-electron chi connectivity index (χ4n) is 3.00. The first-order valence-corrected chi connectivity index (χ1v) is 9.79. The van der Waals surface area contributed by atoms with Gasteiger partial charge in [0.25, 0.3) is 0 Å². The van der Waals surface area contributed by atoms with Gasteiger partial charge in [-0.1, -0.05) is 53.2 Å². The van der Waals surface area contributed by atoms with E-state index in [9.17, 15) is 4.79 Å². The highest BCUT2D eigenvalue weighted by atomic mass is 79.9. The van der Waals surface area contributed by atoms with Gasteiger partial charge in [-0.05, 0) is 36.6 Å². The van der Waals surface area contributed by atoms with Crippen molar-refractivity contribution >= 4 is 21.8 Å². The Morgan fingerprint density at radius 3 is 2.46 bits per heavy atom. The van der Waals surface area contributed by atoms with Gasteiger partial charge in [0.05, 0.1) is 6.42 Å². The minimum atomic E-state index is 0.112. The first kappa shape index (κ1) is 18.8. The van der Waals surface area contributed by atoms with Crippen LogP contribution in [-0.2, 0) is 17.8 Å². The summed E-state index contributed by atoms with van der Waals surface area (Å²) in [5.74, 6) is 1.54. The monoisotopic (exact) mass is 417 g/mol. The molecule has 3 rings (SSSR count). The highest BCUT2D eigenvalue weighted by molar-refractivity contribution is 9.10. The van der Waals surface area contributed by atoms with Crippen molar-refractivity contribution in [2.45, 2.75) is 39.3 Å². The summed E-state index contributed by atoms with van der Waals surface area (Å²) in [6.07, 6.45) is 1.25. The van der Waals surface area contributed by atoms with Gasteiger partial charge in [0.15, 0.2) is 11.5 Å². The lowest BCUT2D eigenvalue weighted by molar-refractivity contribution is -0.133.